The number of rotatable bonds is 4. The van der Waals surface area contributed by atoms with Crippen molar-refractivity contribution in [3.63, 3.8) is 0 Å². The molecule has 0 radical (unpaired) electrons. The van der Waals surface area contributed by atoms with Crippen molar-refractivity contribution in [1.29, 1.82) is 0 Å². The van der Waals surface area contributed by atoms with Gasteiger partial charge in [0.25, 0.3) is 5.91 Å². The molecule has 0 fully saturated rings. The van der Waals surface area contributed by atoms with E-state index in [2.05, 4.69) is 20.8 Å². The van der Waals surface area contributed by atoms with E-state index >= 15 is 0 Å². The highest BCUT2D eigenvalue weighted by Crippen LogP contribution is 2.31. The molecular formula is C22H18N6OS. The van der Waals surface area contributed by atoms with Crippen LogP contribution in [0.15, 0.2) is 66.2 Å². The summed E-state index contributed by atoms with van der Waals surface area (Å²) in [5.74, 6) is 0.0650. The normalized spacial score (nSPS) is 11.1. The Kier molecular flexibility index (Phi) is 4.33. The molecule has 0 aliphatic rings. The summed E-state index contributed by atoms with van der Waals surface area (Å²) in [4.78, 5) is 13.1. The quantitative estimate of drug-likeness (QED) is 0.391. The van der Waals surface area contributed by atoms with E-state index in [0.717, 1.165) is 21.3 Å². The smallest absolute Gasteiger partial charge is 0.257 e. The van der Waals surface area contributed by atoms with Crippen molar-refractivity contribution in [3.8, 4) is 0 Å². The van der Waals surface area contributed by atoms with E-state index in [9.17, 15) is 4.79 Å². The van der Waals surface area contributed by atoms with Crippen LogP contribution in [0.2, 0.25) is 0 Å². The summed E-state index contributed by atoms with van der Waals surface area (Å²) in [6, 6.07) is 17.6. The number of para-hydroxylation sites is 1. The van der Waals surface area contributed by atoms with Crippen molar-refractivity contribution in [2.45, 2.75) is 6.92 Å². The van der Waals surface area contributed by atoms with Crippen molar-refractivity contribution in [3.05, 3.63) is 77.3 Å². The fourth-order valence-corrected chi connectivity index (χ4v) is 4.30. The van der Waals surface area contributed by atoms with Gasteiger partial charge in [0.2, 0.25) is 5.95 Å². The lowest BCUT2D eigenvalue weighted by molar-refractivity contribution is 0.102. The second-order valence-electron chi connectivity index (χ2n) is 6.93. The second-order valence-corrected chi connectivity index (χ2v) is 7.84. The maximum atomic E-state index is 13.1. The number of aromatic nitrogens is 3. The fourth-order valence-electron chi connectivity index (χ4n) is 3.36. The minimum Gasteiger partial charge on any atom is -0.368 e. The first-order valence-corrected chi connectivity index (χ1v) is 10.2. The minimum absolute atomic E-state index is 0.189. The largest absolute Gasteiger partial charge is 0.368 e. The number of carbonyl (C=O) groups excluding carboxylic acids is 1. The van der Waals surface area contributed by atoms with Gasteiger partial charge in [-0.1, -0.05) is 36.4 Å². The molecule has 0 unspecified atom stereocenters. The lowest BCUT2D eigenvalue weighted by atomic mass is 10.1. The van der Waals surface area contributed by atoms with Crippen molar-refractivity contribution < 1.29 is 4.79 Å². The van der Waals surface area contributed by atoms with Crippen LogP contribution in [0.5, 0.6) is 0 Å². The van der Waals surface area contributed by atoms with Gasteiger partial charge in [0.05, 0.1) is 16.9 Å². The zero-order chi connectivity index (χ0) is 20.7. The van der Waals surface area contributed by atoms with E-state index in [1.165, 1.54) is 0 Å². The van der Waals surface area contributed by atoms with Gasteiger partial charge in [-0.15, -0.1) is 21.5 Å². The van der Waals surface area contributed by atoms with Crippen LogP contribution in [0.1, 0.15) is 15.9 Å². The molecule has 0 aliphatic heterocycles. The first kappa shape index (κ1) is 18.1. The maximum Gasteiger partial charge on any atom is 0.257 e. The summed E-state index contributed by atoms with van der Waals surface area (Å²) >= 11 is 1.55. The molecule has 8 heteroatoms. The minimum atomic E-state index is -0.189. The van der Waals surface area contributed by atoms with Crippen LogP contribution in [-0.4, -0.2) is 20.5 Å². The van der Waals surface area contributed by atoms with Gasteiger partial charge in [0, 0.05) is 33.4 Å². The van der Waals surface area contributed by atoms with Crippen LogP contribution in [0.3, 0.4) is 0 Å². The maximum absolute atomic E-state index is 13.1. The third-order valence-corrected chi connectivity index (χ3v) is 5.92. The summed E-state index contributed by atoms with van der Waals surface area (Å²) in [7, 11) is 0. The Morgan fingerprint density at radius 2 is 1.83 bits per heavy atom. The molecule has 0 aliphatic carbocycles. The van der Waals surface area contributed by atoms with Gasteiger partial charge in [-0.2, -0.15) is 0 Å². The van der Waals surface area contributed by atoms with Gasteiger partial charge in [-0.25, -0.2) is 0 Å². The number of anilines is 4. The van der Waals surface area contributed by atoms with E-state index in [-0.39, 0.29) is 11.9 Å². The average Bonchev–Trinajstić information content (AvgIpc) is 3.34. The number of fused-ring (bicyclic) bond motifs is 2. The molecule has 3 heterocycles. The Balaban J connectivity index is 1.57. The van der Waals surface area contributed by atoms with E-state index < -0.39 is 0 Å². The molecule has 0 atom stereocenters. The molecular weight excluding hydrogens is 396 g/mol. The number of aryl methyl sites for hydroxylation is 1. The number of benzene rings is 2. The van der Waals surface area contributed by atoms with Crippen molar-refractivity contribution in [2.75, 3.05) is 16.4 Å². The molecule has 3 aromatic heterocycles. The van der Waals surface area contributed by atoms with Crippen molar-refractivity contribution >= 4 is 56.0 Å². The predicted molar refractivity (Wildman–Crippen MR) is 122 cm³/mol. The second kappa shape index (κ2) is 7.16. The van der Waals surface area contributed by atoms with Crippen LogP contribution in [-0.2, 0) is 0 Å². The van der Waals surface area contributed by atoms with Crippen LogP contribution < -0.4 is 16.4 Å². The standard InChI is InChI=1S/C22H18N6OS/c1-13-6-2-4-8-16(13)24-17-10-20-26-27-22(23)28(20)11-18(17)25-21(29)15-12-30-19-9-5-3-7-14(15)19/h2-12,24H,1H3,(H2,23,27)(H,25,29). The number of hydrogen-bond acceptors (Lipinski definition) is 6. The Morgan fingerprint density at radius 1 is 1.03 bits per heavy atom. The Morgan fingerprint density at radius 3 is 2.70 bits per heavy atom. The molecule has 0 saturated heterocycles. The van der Waals surface area contributed by atoms with Gasteiger partial charge in [-0.3, -0.25) is 9.20 Å². The molecule has 1 amide bonds. The fraction of sp³-hybridized carbons (Fsp3) is 0.0455. The predicted octanol–water partition coefficient (Wildman–Crippen LogP) is 4.83. The number of nitrogens with zero attached hydrogens (tertiary/aromatic N) is 3. The molecule has 0 saturated carbocycles. The third-order valence-electron chi connectivity index (χ3n) is 4.96. The van der Waals surface area contributed by atoms with Gasteiger partial charge in [0.15, 0.2) is 5.65 Å². The summed E-state index contributed by atoms with van der Waals surface area (Å²) in [6.45, 7) is 2.02. The molecule has 5 rings (SSSR count). The molecule has 30 heavy (non-hydrogen) atoms. The van der Waals surface area contributed by atoms with Crippen molar-refractivity contribution in [2.24, 2.45) is 0 Å². The third kappa shape index (κ3) is 3.13. The highest BCUT2D eigenvalue weighted by molar-refractivity contribution is 7.17. The zero-order valence-electron chi connectivity index (χ0n) is 16.1. The first-order chi connectivity index (χ1) is 14.6. The summed E-state index contributed by atoms with van der Waals surface area (Å²) in [5, 5.41) is 17.2. The molecule has 148 valence electrons. The molecule has 5 aromatic rings. The van der Waals surface area contributed by atoms with Crippen LogP contribution in [0, 0.1) is 6.92 Å². The average molecular weight is 414 g/mol. The van der Waals surface area contributed by atoms with Gasteiger partial charge in [0.1, 0.15) is 0 Å². The highest BCUT2D eigenvalue weighted by atomic mass is 32.1. The first-order valence-electron chi connectivity index (χ1n) is 9.34. The number of nitrogens with one attached hydrogen (secondary N) is 2. The van der Waals surface area contributed by atoms with E-state index in [4.69, 9.17) is 5.73 Å². The number of nitrogen functional groups attached to an aromatic ring is 1. The number of nitrogens with two attached hydrogens (primary N) is 1. The van der Waals surface area contributed by atoms with Gasteiger partial charge >= 0.3 is 0 Å². The summed E-state index contributed by atoms with van der Waals surface area (Å²) < 4.78 is 2.71. The van der Waals surface area contributed by atoms with E-state index in [1.54, 1.807) is 21.9 Å². The Labute approximate surface area is 176 Å². The number of hydrogen-bond donors (Lipinski definition) is 3. The van der Waals surface area contributed by atoms with Gasteiger partial charge < -0.3 is 16.4 Å². The molecule has 0 bridgehead atoms. The monoisotopic (exact) mass is 414 g/mol. The molecule has 0 spiro atoms. The zero-order valence-corrected chi connectivity index (χ0v) is 16.9. The van der Waals surface area contributed by atoms with E-state index in [1.807, 2.05) is 66.9 Å². The van der Waals surface area contributed by atoms with Crippen LogP contribution >= 0.6 is 11.3 Å². The van der Waals surface area contributed by atoms with Crippen LogP contribution in [0.25, 0.3) is 15.7 Å². The lowest BCUT2D eigenvalue weighted by Gasteiger charge is -2.15. The number of thiophene rings is 1. The molecule has 2 aromatic carbocycles. The Hall–Kier alpha value is -3.91. The Bertz CT molecular complexity index is 1400. The summed E-state index contributed by atoms with van der Waals surface area (Å²) in [6.07, 6.45) is 1.73. The van der Waals surface area contributed by atoms with Gasteiger partial charge in [-0.05, 0) is 24.6 Å². The number of pyridine rings is 1. The lowest BCUT2D eigenvalue weighted by Crippen LogP contribution is -2.13. The molecule has 7 nitrogen and oxygen atoms in total. The molecule has 4 N–H and O–H groups in total. The summed E-state index contributed by atoms with van der Waals surface area (Å²) in [5.41, 5.74) is 10.5. The number of carbonyl (C=O) groups is 1. The SMILES string of the molecule is Cc1ccccc1Nc1cc2nnc(N)n2cc1NC(=O)c1csc2ccccc12. The highest BCUT2D eigenvalue weighted by Gasteiger charge is 2.16. The van der Waals surface area contributed by atoms with Crippen LogP contribution in [0.4, 0.5) is 23.0 Å². The van der Waals surface area contributed by atoms with E-state index in [0.29, 0.717) is 22.6 Å². The van der Waals surface area contributed by atoms with Crippen molar-refractivity contribution in [1.82, 2.24) is 14.6 Å². The number of amides is 1. The topological polar surface area (TPSA) is 97.3 Å².